The van der Waals surface area contributed by atoms with Crippen molar-refractivity contribution >= 4 is 11.6 Å². The number of aromatic nitrogens is 2. The van der Waals surface area contributed by atoms with Gasteiger partial charge in [-0.3, -0.25) is 14.3 Å². The number of methoxy groups -OCH3 is 1. The molecule has 7 heteroatoms. The second-order valence-electron chi connectivity index (χ2n) is 3.53. The van der Waals surface area contributed by atoms with Crippen LogP contribution in [0, 0.1) is 11.7 Å². The van der Waals surface area contributed by atoms with Gasteiger partial charge < -0.3 is 4.74 Å². The molecular weight excluding hydrogens is 239 g/mol. The Morgan fingerprint density at radius 2 is 2.19 bits per heavy atom. The van der Waals surface area contributed by atoms with Crippen molar-refractivity contribution in [2.45, 2.75) is 13.5 Å². The van der Waals surface area contributed by atoms with Gasteiger partial charge in [-0.15, -0.1) is 0 Å². The first-order valence-corrected chi connectivity index (χ1v) is 5.02. The molecule has 0 saturated carbocycles. The SMILES string of the molecule is COCC(C)Cn1c(=O)[nH]c(Cl)c(F)c1=O. The van der Waals surface area contributed by atoms with Crippen molar-refractivity contribution < 1.29 is 9.13 Å². The van der Waals surface area contributed by atoms with Gasteiger partial charge in [-0.05, 0) is 5.92 Å². The topological polar surface area (TPSA) is 64.1 Å². The van der Waals surface area contributed by atoms with E-state index in [0.717, 1.165) is 4.57 Å². The molecule has 1 N–H and O–H groups in total. The maximum Gasteiger partial charge on any atom is 0.329 e. The lowest BCUT2D eigenvalue weighted by Crippen LogP contribution is -2.39. The zero-order chi connectivity index (χ0) is 12.3. The van der Waals surface area contributed by atoms with Crippen molar-refractivity contribution in [1.29, 1.82) is 0 Å². The smallest absolute Gasteiger partial charge is 0.329 e. The Balaban J connectivity index is 3.10. The minimum absolute atomic E-state index is 0.0793. The number of nitrogens with zero attached hydrogens (tertiary/aromatic N) is 1. The summed E-state index contributed by atoms with van der Waals surface area (Å²) < 4.78 is 18.8. The van der Waals surface area contributed by atoms with E-state index in [0.29, 0.717) is 6.61 Å². The fourth-order valence-electron chi connectivity index (χ4n) is 1.34. The summed E-state index contributed by atoms with van der Waals surface area (Å²) >= 11 is 5.32. The average Bonchev–Trinajstić information content (AvgIpc) is 2.22. The molecule has 0 amide bonds. The van der Waals surface area contributed by atoms with Crippen LogP contribution in [0.1, 0.15) is 6.92 Å². The molecule has 1 atom stereocenters. The van der Waals surface area contributed by atoms with Crippen molar-refractivity contribution in [3.63, 3.8) is 0 Å². The molecule has 1 unspecified atom stereocenters. The van der Waals surface area contributed by atoms with Gasteiger partial charge in [-0.1, -0.05) is 18.5 Å². The van der Waals surface area contributed by atoms with Crippen molar-refractivity contribution in [2.75, 3.05) is 13.7 Å². The molecule has 0 radical (unpaired) electrons. The van der Waals surface area contributed by atoms with Crippen LogP contribution in [0.3, 0.4) is 0 Å². The van der Waals surface area contributed by atoms with Crippen LogP contribution in [0.2, 0.25) is 5.15 Å². The number of ether oxygens (including phenoxy) is 1. The summed E-state index contributed by atoms with van der Waals surface area (Å²) in [6, 6.07) is 0. The molecule has 16 heavy (non-hydrogen) atoms. The Morgan fingerprint density at radius 1 is 1.56 bits per heavy atom. The van der Waals surface area contributed by atoms with E-state index in [1.165, 1.54) is 7.11 Å². The van der Waals surface area contributed by atoms with Gasteiger partial charge in [0.1, 0.15) is 0 Å². The Kier molecular flexibility index (Phi) is 4.26. The third-order valence-electron chi connectivity index (χ3n) is 2.03. The monoisotopic (exact) mass is 250 g/mol. The van der Waals surface area contributed by atoms with Crippen LogP contribution < -0.4 is 11.2 Å². The van der Waals surface area contributed by atoms with E-state index in [-0.39, 0.29) is 12.5 Å². The largest absolute Gasteiger partial charge is 0.384 e. The number of H-pyrrole nitrogens is 1. The Labute approximate surface area is 95.8 Å². The summed E-state index contributed by atoms with van der Waals surface area (Å²) in [6.07, 6.45) is 0. The van der Waals surface area contributed by atoms with Crippen molar-refractivity contribution in [1.82, 2.24) is 9.55 Å². The van der Waals surface area contributed by atoms with Gasteiger partial charge in [-0.2, -0.15) is 4.39 Å². The normalized spacial score (nSPS) is 12.8. The highest BCUT2D eigenvalue weighted by molar-refractivity contribution is 6.29. The molecule has 90 valence electrons. The minimum Gasteiger partial charge on any atom is -0.384 e. The highest BCUT2D eigenvalue weighted by Gasteiger charge is 2.14. The number of halogens is 2. The lowest BCUT2D eigenvalue weighted by Gasteiger charge is -2.11. The molecule has 1 aromatic rings. The Hall–Kier alpha value is -1.14. The quantitative estimate of drug-likeness (QED) is 0.797. The first-order valence-electron chi connectivity index (χ1n) is 4.64. The number of hydrogen-bond donors (Lipinski definition) is 1. The molecule has 0 fully saturated rings. The number of hydrogen-bond acceptors (Lipinski definition) is 3. The summed E-state index contributed by atoms with van der Waals surface area (Å²) in [5.41, 5.74) is -1.74. The lowest BCUT2D eigenvalue weighted by molar-refractivity contribution is 0.150. The molecule has 0 bridgehead atoms. The van der Waals surface area contributed by atoms with Gasteiger partial charge in [0.2, 0.25) is 5.82 Å². The Morgan fingerprint density at radius 3 is 2.75 bits per heavy atom. The van der Waals surface area contributed by atoms with Gasteiger partial charge in [0.15, 0.2) is 5.15 Å². The zero-order valence-electron chi connectivity index (χ0n) is 8.92. The predicted octanol–water partition coefficient (Wildman–Crippen LogP) is 0.612. The fraction of sp³-hybridized carbons (Fsp3) is 0.556. The molecule has 1 aromatic heterocycles. The molecule has 1 rings (SSSR count). The summed E-state index contributed by atoms with van der Waals surface area (Å²) in [7, 11) is 1.51. The van der Waals surface area contributed by atoms with Gasteiger partial charge in [0.25, 0.3) is 5.56 Å². The summed E-state index contributed by atoms with van der Waals surface area (Å²) in [5, 5.41) is -0.564. The van der Waals surface area contributed by atoms with Crippen molar-refractivity contribution in [2.24, 2.45) is 5.92 Å². The summed E-state index contributed by atoms with van der Waals surface area (Å²) in [6.45, 7) is 2.23. The van der Waals surface area contributed by atoms with Crippen LogP contribution >= 0.6 is 11.6 Å². The van der Waals surface area contributed by atoms with Crippen LogP contribution in [0.25, 0.3) is 0 Å². The molecule has 0 aliphatic carbocycles. The highest BCUT2D eigenvalue weighted by Crippen LogP contribution is 2.03. The van der Waals surface area contributed by atoms with E-state index in [2.05, 4.69) is 4.98 Å². The predicted molar refractivity (Wildman–Crippen MR) is 57.3 cm³/mol. The number of nitrogens with one attached hydrogen (secondary N) is 1. The van der Waals surface area contributed by atoms with Crippen LogP contribution in [0.15, 0.2) is 9.59 Å². The van der Waals surface area contributed by atoms with Gasteiger partial charge >= 0.3 is 5.69 Å². The molecule has 0 aliphatic heterocycles. The van der Waals surface area contributed by atoms with Crippen molar-refractivity contribution in [3.05, 3.63) is 31.8 Å². The van der Waals surface area contributed by atoms with E-state index in [4.69, 9.17) is 16.3 Å². The van der Waals surface area contributed by atoms with Gasteiger partial charge in [0.05, 0.1) is 6.61 Å². The number of aromatic amines is 1. The zero-order valence-corrected chi connectivity index (χ0v) is 9.68. The average molecular weight is 251 g/mol. The molecular formula is C9H12ClFN2O3. The molecule has 1 heterocycles. The fourth-order valence-corrected chi connectivity index (χ4v) is 1.50. The summed E-state index contributed by atoms with van der Waals surface area (Å²) in [4.78, 5) is 24.8. The standard InChI is InChI=1S/C9H12ClFN2O3/c1-5(4-16-2)3-13-8(14)6(11)7(10)12-9(13)15/h5H,3-4H2,1-2H3,(H,12,15). The lowest BCUT2D eigenvalue weighted by atomic mass is 10.2. The first-order chi connectivity index (χ1) is 7.47. The molecule has 0 aromatic carbocycles. The number of rotatable bonds is 4. The third kappa shape index (κ3) is 2.70. The maximum atomic E-state index is 13.1. The highest BCUT2D eigenvalue weighted by atomic mass is 35.5. The van der Waals surface area contributed by atoms with E-state index >= 15 is 0 Å². The van der Waals surface area contributed by atoms with E-state index in [9.17, 15) is 14.0 Å². The van der Waals surface area contributed by atoms with Crippen LogP contribution in [0.4, 0.5) is 4.39 Å². The molecule has 0 aliphatic rings. The molecule has 0 saturated heterocycles. The van der Waals surface area contributed by atoms with Gasteiger partial charge in [0, 0.05) is 13.7 Å². The van der Waals surface area contributed by atoms with Crippen LogP contribution in [-0.2, 0) is 11.3 Å². The summed E-state index contributed by atoms with van der Waals surface area (Å²) in [5.74, 6) is -1.23. The van der Waals surface area contributed by atoms with Crippen molar-refractivity contribution in [3.8, 4) is 0 Å². The minimum atomic E-state index is -1.15. The van der Waals surface area contributed by atoms with Crippen LogP contribution in [-0.4, -0.2) is 23.3 Å². The second kappa shape index (κ2) is 5.27. The second-order valence-corrected chi connectivity index (χ2v) is 3.91. The van der Waals surface area contributed by atoms with Crippen LogP contribution in [0.5, 0.6) is 0 Å². The molecule has 0 spiro atoms. The third-order valence-corrected chi connectivity index (χ3v) is 2.29. The molecule has 5 nitrogen and oxygen atoms in total. The van der Waals surface area contributed by atoms with E-state index in [1.807, 2.05) is 0 Å². The Bertz CT molecular complexity index is 483. The first kappa shape index (κ1) is 12.9. The van der Waals surface area contributed by atoms with E-state index < -0.39 is 22.2 Å². The maximum absolute atomic E-state index is 13.1. The van der Waals surface area contributed by atoms with E-state index in [1.54, 1.807) is 6.92 Å². The van der Waals surface area contributed by atoms with Gasteiger partial charge in [-0.25, -0.2) is 4.79 Å².